The quantitative estimate of drug-likeness (QED) is 0.773. The Morgan fingerprint density at radius 1 is 1.45 bits per heavy atom. The Morgan fingerprint density at radius 3 is 2.95 bits per heavy atom. The Hall–Kier alpha value is -2.05. The Kier molecular flexibility index (Phi) is 3.11. The predicted octanol–water partition coefficient (Wildman–Crippen LogP) is 0.163. The van der Waals surface area contributed by atoms with E-state index in [-0.39, 0.29) is 24.6 Å². The zero-order chi connectivity index (χ0) is 14.3. The molecule has 108 valence electrons. The third-order valence-corrected chi connectivity index (χ3v) is 3.86. The zero-order valence-corrected chi connectivity index (χ0v) is 11.7. The molecule has 1 aromatic heterocycles. The minimum absolute atomic E-state index is 0.000606. The number of carbonyl (C=O) groups excluding carboxylic acids is 2. The van der Waals surface area contributed by atoms with Gasteiger partial charge in [-0.2, -0.15) is 5.10 Å². The van der Waals surface area contributed by atoms with Crippen LogP contribution in [0.15, 0.2) is 6.07 Å². The molecule has 0 N–H and O–H groups in total. The van der Waals surface area contributed by atoms with Crippen LogP contribution in [0.3, 0.4) is 0 Å². The van der Waals surface area contributed by atoms with Crippen LogP contribution < -0.4 is 0 Å². The molecule has 7 nitrogen and oxygen atoms in total. The van der Waals surface area contributed by atoms with E-state index >= 15 is 0 Å². The standard InChI is InChI=1S/C13H18N4O3/c1-9-5-10(2)17(14-9)7-12(18)15-3-4-16-11(6-15)8-20-13(16)19/h5,11H,3-4,6-8H2,1-2H3/t11-/m1/s1. The number of hydrogen-bond donors (Lipinski definition) is 0. The van der Waals surface area contributed by atoms with Crippen LogP contribution in [-0.4, -0.2) is 63.9 Å². The lowest BCUT2D eigenvalue weighted by Gasteiger charge is -2.35. The van der Waals surface area contributed by atoms with Crippen molar-refractivity contribution in [2.45, 2.75) is 26.4 Å². The number of aryl methyl sites for hydroxylation is 2. The molecule has 1 aromatic rings. The van der Waals surface area contributed by atoms with Crippen LogP contribution in [-0.2, 0) is 16.1 Å². The molecular formula is C13H18N4O3. The van der Waals surface area contributed by atoms with Gasteiger partial charge in [0.1, 0.15) is 13.2 Å². The van der Waals surface area contributed by atoms with Crippen molar-refractivity contribution in [2.75, 3.05) is 26.2 Å². The summed E-state index contributed by atoms with van der Waals surface area (Å²) in [6.45, 7) is 6.13. The van der Waals surface area contributed by atoms with Gasteiger partial charge in [0.15, 0.2) is 0 Å². The second-order valence-electron chi connectivity index (χ2n) is 5.35. The minimum Gasteiger partial charge on any atom is -0.447 e. The lowest BCUT2D eigenvalue weighted by molar-refractivity contribution is -0.134. The summed E-state index contributed by atoms with van der Waals surface area (Å²) in [6.07, 6.45) is -0.263. The molecule has 0 bridgehead atoms. The summed E-state index contributed by atoms with van der Waals surface area (Å²) in [6, 6.07) is 1.95. The number of carbonyl (C=O) groups is 2. The van der Waals surface area contributed by atoms with E-state index < -0.39 is 0 Å². The van der Waals surface area contributed by atoms with E-state index in [1.807, 2.05) is 19.9 Å². The van der Waals surface area contributed by atoms with Gasteiger partial charge in [0.2, 0.25) is 5.91 Å². The third-order valence-electron chi connectivity index (χ3n) is 3.86. The van der Waals surface area contributed by atoms with Gasteiger partial charge in [0.25, 0.3) is 0 Å². The Labute approximate surface area is 117 Å². The molecule has 3 rings (SSSR count). The van der Waals surface area contributed by atoms with Gasteiger partial charge in [-0.3, -0.25) is 14.4 Å². The highest BCUT2D eigenvalue weighted by Crippen LogP contribution is 2.18. The van der Waals surface area contributed by atoms with Crippen LogP contribution >= 0.6 is 0 Å². The molecule has 0 aromatic carbocycles. The van der Waals surface area contributed by atoms with Gasteiger partial charge < -0.3 is 9.64 Å². The van der Waals surface area contributed by atoms with Crippen LogP contribution in [0.2, 0.25) is 0 Å². The zero-order valence-electron chi connectivity index (χ0n) is 11.7. The fourth-order valence-corrected chi connectivity index (χ4v) is 2.78. The molecule has 20 heavy (non-hydrogen) atoms. The van der Waals surface area contributed by atoms with Gasteiger partial charge >= 0.3 is 6.09 Å². The van der Waals surface area contributed by atoms with Crippen molar-refractivity contribution >= 4 is 12.0 Å². The van der Waals surface area contributed by atoms with Gasteiger partial charge in [0, 0.05) is 25.3 Å². The second-order valence-corrected chi connectivity index (χ2v) is 5.35. The van der Waals surface area contributed by atoms with Crippen LogP contribution in [0, 0.1) is 13.8 Å². The molecule has 0 saturated carbocycles. The molecule has 1 atom stereocenters. The van der Waals surface area contributed by atoms with Crippen molar-refractivity contribution in [3.05, 3.63) is 17.5 Å². The fraction of sp³-hybridized carbons (Fsp3) is 0.615. The summed E-state index contributed by atoms with van der Waals surface area (Å²) >= 11 is 0. The largest absolute Gasteiger partial charge is 0.447 e. The number of cyclic esters (lactones) is 1. The molecule has 2 saturated heterocycles. The highest BCUT2D eigenvalue weighted by Gasteiger charge is 2.38. The number of aromatic nitrogens is 2. The van der Waals surface area contributed by atoms with Crippen molar-refractivity contribution in [2.24, 2.45) is 0 Å². The molecule has 0 unspecified atom stereocenters. The van der Waals surface area contributed by atoms with Crippen LogP contribution in [0.25, 0.3) is 0 Å². The van der Waals surface area contributed by atoms with Gasteiger partial charge in [-0.1, -0.05) is 0 Å². The Balaban J connectivity index is 1.64. The molecule has 2 fully saturated rings. The van der Waals surface area contributed by atoms with Crippen LogP contribution in [0.5, 0.6) is 0 Å². The van der Waals surface area contributed by atoms with Crippen molar-refractivity contribution in [1.82, 2.24) is 19.6 Å². The van der Waals surface area contributed by atoms with E-state index in [0.717, 1.165) is 11.4 Å². The molecule has 0 aliphatic carbocycles. The molecule has 7 heteroatoms. The van der Waals surface area contributed by atoms with Gasteiger partial charge in [-0.15, -0.1) is 0 Å². The number of hydrogen-bond acceptors (Lipinski definition) is 4. The summed E-state index contributed by atoms with van der Waals surface area (Å²) in [5, 5.41) is 4.30. The third kappa shape index (κ3) is 2.23. The first kappa shape index (κ1) is 13.0. The molecule has 2 aliphatic rings. The predicted molar refractivity (Wildman–Crippen MR) is 70.1 cm³/mol. The van der Waals surface area contributed by atoms with E-state index in [4.69, 9.17) is 4.74 Å². The maximum Gasteiger partial charge on any atom is 0.410 e. The molecular weight excluding hydrogens is 260 g/mol. The van der Waals surface area contributed by atoms with Gasteiger partial charge in [-0.05, 0) is 19.9 Å². The monoisotopic (exact) mass is 278 g/mol. The molecule has 0 radical (unpaired) electrons. The van der Waals surface area contributed by atoms with E-state index in [0.29, 0.717) is 26.2 Å². The first-order valence-corrected chi connectivity index (χ1v) is 6.77. The van der Waals surface area contributed by atoms with E-state index in [9.17, 15) is 9.59 Å². The average molecular weight is 278 g/mol. The van der Waals surface area contributed by atoms with Crippen molar-refractivity contribution in [3.8, 4) is 0 Å². The Bertz CT molecular complexity index is 554. The van der Waals surface area contributed by atoms with Crippen molar-refractivity contribution in [1.29, 1.82) is 0 Å². The average Bonchev–Trinajstić information content (AvgIpc) is 2.93. The van der Waals surface area contributed by atoms with Crippen molar-refractivity contribution < 1.29 is 14.3 Å². The summed E-state index contributed by atoms with van der Waals surface area (Å²) in [5.41, 5.74) is 1.89. The van der Waals surface area contributed by atoms with Crippen molar-refractivity contribution in [3.63, 3.8) is 0 Å². The van der Waals surface area contributed by atoms with Gasteiger partial charge in [0.05, 0.1) is 11.7 Å². The number of rotatable bonds is 2. The number of amides is 2. The normalized spacial score (nSPS) is 21.9. The molecule has 0 spiro atoms. The van der Waals surface area contributed by atoms with Gasteiger partial charge in [-0.25, -0.2) is 4.79 Å². The summed E-state index contributed by atoms with van der Waals surface area (Å²) < 4.78 is 6.72. The highest BCUT2D eigenvalue weighted by molar-refractivity contribution is 5.77. The number of piperazine rings is 1. The minimum atomic E-state index is -0.263. The number of ether oxygens (including phenoxy) is 1. The van der Waals surface area contributed by atoms with Crippen LogP contribution in [0.1, 0.15) is 11.4 Å². The fourth-order valence-electron chi connectivity index (χ4n) is 2.78. The second kappa shape index (κ2) is 4.81. The van der Waals surface area contributed by atoms with Crippen LogP contribution in [0.4, 0.5) is 4.79 Å². The van der Waals surface area contributed by atoms with E-state index in [2.05, 4.69) is 5.10 Å². The molecule has 2 aliphatic heterocycles. The first-order chi connectivity index (χ1) is 9.54. The lowest BCUT2D eigenvalue weighted by atomic mass is 10.2. The maximum absolute atomic E-state index is 12.3. The molecule has 2 amide bonds. The Morgan fingerprint density at radius 2 is 2.25 bits per heavy atom. The topological polar surface area (TPSA) is 67.7 Å². The SMILES string of the molecule is Cc1cc(C)n(CC(=O)N2CCN3C(=O)OC[C@H]3C2)n1. The molecule has 3 heterocycles. The smallest absolute Gasteiger partial charge is 0.410 e. The number of nitrogens with zero attached hydrogens (tertiary/aromatic N) is 4. The summed E-state index contributed by atoms with van der Waals surface area (Å²) in [5.74, 6) is 0.0372. The number of fused-ring (bicyclic) bond motifs is 1. The lowest BCUT2D eigenvalue weighted by Crippen LogP contribution is -2.54. The highest BCUT2D eigenvalue weighted by atomic mass is 16.6. The summed E-state index contributed by atoms with van der Waals surface area (Å²) in [4.78, 5) is 27.2. The first-order valence-electron chi connectivity index (χ1n) is 6.77. The maximum atomic E-state index is 12.3. The van der Waals surface area contributed by atoms with E-state index in [1.165, 1.54) is 0 Å². The van der Waals surface area contributed by atoms with E-state index in [1.54, 1.807) is 14.5 Å². The summed E-state index contributed by atoms with van der Waals surface area (Å²) in [7, 11) is 0.